The van der Waals surface area contributed by atoms with Crippen molar-refractivity contribution in [2.45, 2.75) is 6.92 Å². The fraction of sp³-hybridized carbons (Fsp3) is 0.167. The van der Waals surface area contributed by atoms with Crippen LogP contribution in [0.5, 0.6) is 5.75 Å². The normalized spacial score (nSPS) is 10.4. The number of rotatable bonds is 5. The molecule has 0 spiro atoms. The summed E-state index contributed by atoms with van der Waals surface area (Å²) in [7, 11) is 3.28. The van der Waals surface area contributed by atoms with Gasteiger partial charge in [0, 0.05) is 32.1 Å². The largest absolute Gasteiger partial charge is 0.495 e. The molecule has 8 nitrogen and oxygen atoms in total. The van der Waals surface area contributed by atoms with Crippen LogP contribution in [0.25, 0.3) is 5.82 Å². The third kappa shape index (κ3) is 3.44. The van der Waals surface area contributed by atoms with Gasteiger partial charge in [-0.3, -0.25) is 14.3 Å². The molecule has 1 aromatic carbocycles. The molecule has 8 heteroatoms. The lowest BCUT2D eigenvalue weighted by Crippen LogP contribution is -2.15. The van der Waals surface area contributed by atoms with E-state index in [0.29, 0.717) is 28.5 Å². The molecule has 0 fully saturated rings. The molecule has 0 aliphatic rings. The lowest BCUT2D eigenvalue weighted by molar-refractivity contribution is -0.114. The van der Waals surface area contributed by atoms with Crippen molar-refractivity contribution >= 4 is 23.2 Å². The summed E-state index contributed by atoms with van der Waals surface area (Å²) in [6.07, 6.45) is 5.20. The van der Waals surface area contributed by atoms with Crippen molar-refractivity contribution in [1.29, 1.82) is 0 Å². The van der Waals surface area contributed by atoms with Crippen LogP contribution in [-0.4, -0.2) is 33.3 Å². The first-order chi connectivity index (χ1) is 12.5. The third-order valence-corrected chi connectivity index (χ3v) is 3.77. The number of nitrogens with zero attached hydrogens (tertiary/aromatic N) is 3. The molecule has 0 saturated heterocycles. The summed E-state index contributed by atoms with van der Waals surface area (Å²) < 4.78 is 8.67. The minimum Gasteiger partial charge on any atom is -0.495 e. The zero-order chi connectivity index (χ0) is 18.7. The Morgan fingerprint density at radius 2 is 1.88 bits per heavy atom. The van der Waals surface area contributed by atoms with E-state index >= 15 is 0 Å². The zero-order valence-electron chi connectivity index (χ0n) is 14.7. The SMILES string of the molecule is COc1ccc(NC(=O)c2cnn(C)c2-n2cccc2)cc1NC(C)=O. The van der Waals surface area contributed by atoms with E-state index in [9.17, 15) is 9.59 Å². The molecule has 0 aliphatic carbocycles. The predicted molar refractivity (Wildman–Crippen MR) is 97.8 cm³/mol. The standard InChI is InChI=1S/C18H19N5O3/c1-12(24)20-15-10-13(6-7-16(15)26-3)21-17(25)14-11-19-22(2)18(14)23-8-4-5-9-23/h4-11H,1-3H3,(H,20,24)(H,21,25). The van der Waals surface area contributed by atoms with E-state index in [4.69, 9.17) is 4.74 Å². The van der Waals surface area contributed by atoms with E-state index in [0.717, 1.165) is 0 Å². The van der Waals surface area contributed by atoms with Gasteiger partial charge in [-0.2, -0.15) is 5.10 Å². The molecule has 134 valence electrons. The molecule has 26 heavy (non-hydrogen) atoms. The molecular weight excluding hydrogens is 334 g/mol. The second-order valence-electron chi connectivity index (χ2n) is 5.65. The summed E-state index contributed by atoms with van der Waals surface area (Å²) in [6, 6.07) is 8.77. The summed E-state index contributed by atoms with van der Waals surface area (Å²) in [4.78, 5) is 24.1. The number of methoxy groups -OCH3 is 1. The topological polar surface area (TPSA) is 90.2 Å². The van der Waals surface area contributed by atoms with Crippen LogP contribution in [0.2, 0.25) is 0 Å². The maximum Gasteiger partial charge on any atom is 0.261 e. The van der Waals surface area contributed by atoms with E-state index in [1.807, 2.05) is 29.1 Å². The van der Waals surface area contributed by atoms with Gasteiger partial charge in [0.1, 0.15) is 17.1 Å². The maximum atomic E-state index is 12.7. The molecule has 3 rings (SSSR count). The van der Waals surface area contributed by atoms with Gasteiger partial charge in [-0.05, 0) is 30.3 Å². The van der Waals surface area contributed by atoms with Crippen LogP contribution in [0.4, 0.5) is 11.4 Å². The Kier molecular flexibility index (Phi) is 4.74. The number of anilines is 2. The number of benzene rings is 1. The molecular formula is C18H19N5O3. The predicted octanol–water partition coefficient (Wildman–Crippen LogP) is 2.43. The summed E-state index contributed by atoms with van der Waals surface area (Å²) in [6.45, 7) is 1.41. The van der Waals surface area contributed by atoms with Crippen molar-refractivity contribution in [2.75, 3.05) is 17.7 Å². The van der Waals surface area contributed by atoms with E-state index in [1.54, 1.807) is 29.9 Å². The zero-order valence-corrected chi connectivity index (χ0v) is 14.7. The average molecular weight is 353 g/mol. The number of ether oxygens (including phenoxy) is 1. The number of hydrogen-bond donors (Lipinski definition) is 2. The molecule has 0 saturated carbocycles. The lowest BCUT2D eigenvalue weighted by Gasteiger charge is -2.12. The van der Waals surface area contributed by atoms with E-state index < -0.39 is 0 Å². The van der Waals surface area contributed by atoms with Crippen LogP contribution in [0.15, 0.2) is 48.9 Å². The lowest BCUT2D eigenvalue weighted by atomic mass is 10.2. The van der Waals surface area contributed by atoms with Gasteiger partial charge in [0.15, 0.2) is 0 Å². The van der Waals surface area contributed by atoms with Gasteiger partial charge in [-0.1, -0.05) is 0 Å². The van der Waals surface area contributed by atoms with Crippen molar-refractivity contribution in [3.63, 3.8) is 0 Å². The Morgan fingerprint density at radius 3 is 2.54 bits per heavy atom. The highest BCUT2D eigenvalue weighted by Gasteiger charge is 2.18. The number of carbonyl (C=O) groups is 2. The van der Waals surface area contributed by atoms with Gasteiger partial charge in [0.05, 0.1) is 19.0 Å². The van der Waals surface area contributed by atoms with Crippen molar-refractivity contribution in [2.24, 2.45) is 7.05 Å². The maximum absolute atomic E-state index is 12.7. The fourth-order valence-electron chi connectivity index (χ4n) is 2.64. The molecule has 0 atom stereocenters. The average Bonchev–Trinajstić information content (AvgIpc) is 3.23. The minimum absolute atomic E-state index is 0.228. The number of carbonyl (C=O) groups excluding carboxylic acids is 2. The fourth-order valence-corrected chi connectivity index (χ4v) is 2.64. The van der Waals surface area contributed by atoms with Gasteiger partial charge in [-0.15, -0.1) is 0 Å². The Labute approximate surface area is 150 Å². The van der Waals surface area contributed by atoms with E-state index in [1.165, 1.54) is 20.2 Å². The Hall–Kier alpha value is -3.55. The third-order valence-electron chi connectivity index (χ3n) is 3.77. The smallest absolute Gasteiger partial charge is 0.261 e. The summed E-state index contributed by atoms with van der Waals surface area (Å²) >= 11 is 0. The van der Waals surface area contributed by atoms with Crippen molar-refractivity contribution < 1.29 is 14.3 Å². The van der Waals surface area contributed by atoms with E-state index in [-0.39, 0.29) is 11.8 Å². The van der Waals surface area contributed by atoms with Crippen molar-refractivity contribution in [3.05, 3.63) is 54.5 Å². The second kappa shape index (κ2) is 7.14. The van der Waals surface area contributed by atoms with Gasteiger partial charge >= 0.3 is 0 Å². The van der Waals surface area contributed by atoms with Crippen LogP contribution >= 0.6 is 0 Å². The van der Waals surface area contributed by atoms with Gasteiger partial charge in [-0.25, -0.2) is 0 Å². The highest BCUT2D eigenvalue weighted by molar-refractivity contribution is 6.06. The summed E-state index contributed by atoms with van der Waals surface area (Å²) in [5, 5.41) is 9.68. The number of nitrogens with one attached hydrogen (secondary N) is 2. The summed E-state index contributed by atoms with van der Waals surface area (Å²) in [5.74, 6) is 0.630. The molecule has 2 N–H and O–H groups in total. The molecule has 2 amide bonds. The summed E-state index contributed by atoms with van der Waals surface area (Å²) in [5.41, 5.74) is 1.44. The van der Waals surface area contributed by atoms with Crippen LogP contribution in [0, 0.1) is 0 Å². The van der Waals surface area contributed by atoms with Gasteiger partial charge < -0.3 is 19.9 Å². The Balaban J connectivity index is 1.88. The highest BCUT2D eigenvalue weighted by atomic mass is 16.5. The van der Waals surface area contributed by atoms with Crippen LogP contribution < -0.4 is 15.4 Å². The molecule has 0 bridgehead atoms. The highest BCUT2D eigenvalue weighted by Crippen LogP contribution is 2.28. The molecule has 3 aromatic rings. The van der Waals surface area contributed by atoms with Crippen molar-refractivity contribution in [3.8, 4) is 11.6 Å². The first-order valence-corrected chi connectivity index (χ1v) is 7.92. The monoisotopic (exact) mass is 353 g/mol. The second-order valence-corrected chi connectivity index (χ2v) is 5.65. The number of aryl methyl sites for hydroxylation is 1. The minimum atomic E-state index is -0.305. The number of hydrogen-bond acceptors (Lipinski definition) is 4. The van der Waals surface area contributed by atoms with Crippen LogP contribution in [0.1, 0.15) is 17.3 Å². The molecule has 2 aromatic heterocycles. The molecule has 0 radical (unpaired) electrons. The van der Waals surface area contributed by atoms with Gasteiger partial charge in [0.2, 0.25) is 5.91 Å². The van der Waals surface area contributed by atoms with Crippen molar-refractivity contribution in [1.82, 2.24) is 14.3 Å². The van der Waals surface area contributed by atoms with Gasteiger partial charge in [0.25, 0.3) is 5.91 Å². The van der Waals surface area contributed by atoms with Crippen LogP contribution in [0.3, 0.4) is 0 Å². The Morgan fingerprint density at radius 1 is 1.15 bits per heavy atom. The quantitative estimate of drug-likeness (QED) is 0.737. The van der Waals surface area contributed by atoms with E-state index in [2.05, 4.69) is 15.7 Å². The Bertz CT molecular complexity index is 944. The van der Waals surface area contributed by atoms with Crippen LogP contribution in [-0.2, 0) is 11.8 Å². The number of aromatic nitrogens is 3. The number of amides is 2. The first kappa shape index (κ1) is 17.3. The molecule has 0 unspecified atom stereocenters. The first-order valence-electron chi connectivity index (χ1n) is 7.92. The molecule has 2 heterocycles. The molecule has 0 aliphatic heterocycles.